The van der Waals surface area contributed by atoms with Crippen molar-refractivity contribution >= 4 is 58.7 Å². The number of carbonyl (C=O) groups excluding carboxylic acids is 2. The van der Waals surface area contributed by atoms with Crippen LogP contribution in [0.15, 0.2) is 71.7 Å². The van der Waals surface area contributed by atoms with Crippen LogP contribution < -0.4 is 20.2 Å². The molecule has 1 amide bonds. The first kappa shape index (κ1) is 75.1. The zero-order chi connectivity index (χ0) is 62.2. The molecule has 1 aliphatic rings. The molecule has 0 radical (unpaired) electrons. The van der Waals surface area contributed by atoms with E-state index < -0.39 is 0 Å². The molecule has 2 unspecified atom stereocenters. The van der Waals surface area contributed by atoms with Crippen molar-refractivity contribution in [2.45, 2.75) is 325 Å². The van der Waals surface area contributed by atoms with Gasteiger partial charge in [-0.1, -0.05) is 330 Å². The molecule has 2 atom stereocenters. The molecule has 1 aliphatic heterocycles. The van der Waals surface area contributed by atoms with Crippen LogP contribution in [0.3, 0.4) is 0 Å². The van der Waals surface area contributed by atoms with Crippen molar-refractivity contribution in [1.82, 2.24) is 0 Å². The predicted molar refractivity (Wildman–Crippen MR) is 387 cm³/mol. The van der Waals surface area contributed by atoms with Crippen molar-refractivity contribution in [3.63, 3.8) is 0 Å². The SMILES string of the molecule is CCCCCCCCCCCCC(CCCCCCCCCC)CN(C)c1cc2c(c\c1=C(C=O)/C(S)=C/C=C/C(C)C)N(CC(CCCCCCCCCC)CCCCCCCCCCCC)C(=O)C=2c1ccc(-c2ccc(C(C)(C)C)cc2)s1. The summed E-state index contributed by atoms with van der Waals surface area (Å²) < 4.78 is 0. The van der Waals surface area contributed by atoms with E-state index in [1.807, 2.05) is 6.08 Å². The minimum absolute atomic E-state index is 0.0672. The van der Waals surface area contributed by atoms with Crippen LogP contribution in [0.2, 0.25) is 0 Å². The first-order valence-corrected chi connectivity index (χ1v) is 37.7. The second-order valence-electron chi connectivity index (χ2n) is 28.0. The van der Waals surface area contributed by atoms with Gasteiger partial charge in [-0.15, -0.1) is 24.0 Å². The van der Waals surface area contributed by atoms with Crippen LogP contribution in [-0.2, 0) is 15.0 Å². The fourth-order valence-corrected chi connectivity index (χ4v) is 14.5. The quantitative estimate of drug-likeness (QED) is 0.0265. The largest absolute Gasteiger partial charge is 0.374 e. The maximum atomic E-state index is 15.9. The maximum absolute atomic E-state index is 15.9. The van der Waals surface area contributed by atoms with E-state index in [0.717, 1.165) is 57.9 Å². The van der Waals surface area contributed by atoms with Gasteiger partial charge in [0.25, 0.3) is 5.91 Å². The number of nitrogens with zero attached hydrogens (tertiary/aromatic N) is 2. The molecule has 2 aromatic carbocycles. The van der Waals surface area contributed by atoms with E-state index in [2.05, 4.69) is 140 Å². The average Bonchev–Trinajstić information content (AvgIpc) is 1.88. The number of amides is 1. The monoisotopic (exact) mass is 1210 g/mol. The molecular weight excluding hydrogens is 1090 g/mol. The zero-order valence-corrected chi connectivity index (χ0v) is 59.1. The third-order valence-corrected chi connectivity index (χ3v) is 20.2. The fourth-order valence-electron chi connectivity index (χ4n) is 13.2. The molecule has 1 aromatic heterocycles. The van der Waals surface area contributed by atoms with E-state index in [1.165, 1.54) is 260 Å². The Labute approximate surface area is 540 Å². The summed E-state index contributed by atoms with van der Waals surface area (Å²) >= 11 is 6.89. The van der Waals surface area contributed by atoms with Crippen molar-refractivity contribution in [1.29, 1.82) is 0 Å². The van der Waals surface area contributed by atoms with Gasteiger partial charge in [-0.2, -0.15) is 0 Å². The highest BCUT2D eigenvalue weighted by atomic mass is 32.1. The van der Waals surface area contributed by atoms with Gasteiger partial charge in [0.1, 0.15) is 0 Å². The van der Waals surface area contributed by atoms with Crippen LogP contribution >= 0.6 is 24.0 Å². The lowest BCUT2D eigenvalue weighted by Gasteiger charge is -2.28. The number of aldehydes is 1. The molecule has 4 nitrogen and oxygen atoms in total. The Morgan fingerprint density at radius 2 is 0.965 bits per heavy atom. The van der Waals surface area contributed by atoms with E-state index in [-0.39, 0.29) is 11.3 Å². The molecule has 4 rings (SSSR count). The lowest BCUT2D eigenvalue weighted by Crippen LogP contribution is -2.35. The maximum Gasteiger partial charge on any atom is 0.260 e. The number of hydrogen-bond acceptors (Lipinski definition) is 5. The first-order valence-electron chi connectivity index (χ1n) is 36.5. The van der Waals surface area contributed by atoms with Crippen molar-refractivity contribution in [2.24, 2.45) is 17.8 Å². The van der Waals surface area contributed by atoms with Gasteiger partial charge in [0.05, 0.1) is 11.3 Å². The first-order chi connectivity index (χ1) is 41.8. The lowest BCUT2D eigenvalue weighted by atomic mass is 9.86. The Morgan fingerprint density at radius 3 is 1.37 bits per heavy atom. The van der Waals surface area contributed by atoms with E-state index in [4.69, 9.17) is 12.6 Å². The topological polar surface area (TPSA) is 40.6 Å². The van der Waals surface area contributed by atoms with Gasteiger partial charge < -0.3 is 9.80 Å². The molecule has 86 heavy (non-hydrogen) atoms. The summed E-state index contributed by atoms with van der Waals surface area (Å²) in [6.45, 7) is 22.0. The molecule has 0 saturated carbocycles. The Hall–Kier alpha value is -3.35. The molecule has 6 heteroatoms. The van der Waals surface area contributed by atoms with E-state index >= 15 is 4.79 Å². The number of hydrogen-bond donors (Lipinski definition) is 1. The van der Waals surface area contributed by atoms with Crippen molar-refractivity contribution in [3.8, 4) is 10.4 Å². The highest BCUT2D eigenvalue weighted by Gasteiger charge is 2.34. The zero-order valence-electron chi connectivity index (χ0n) is 57.4. The summed E-state index contributed by atoms with van der Waals surface area (Å²) in [5.74, 6) is 1.40. The lowest BCUT2D eigenvalue weighted by molar-refractivity contribution is -0.113. The standard InChI is InChI=1S/C80H130N2O2S2/c1-11-15-19-23-27-31-33-37-40-44-50-66(49-43-39-35-29-25-21-17-13-3)62-81(10)73-61-71-74(60-70(73)72(64-83)75(85)53-47-48-65(5)6)82(79(84)78(71)77-59-58-76(86-77)68-54-56-69(57-55-68)80(7,8)9)63-67(51-45-41-36-30-26-22-18-14-4)52-46-42-38-34-32-28-24-20-16-12-2/h47-48,53-61,64-67,85H,11-46,49-52,62-63H2,1-10H3/b48-47+,72-70+,75-53-. The van der Waals surface area contributed by atoms with Gasteiger partial charge in [-0.25, -0.2) is 0 Å². The summed E-state index contributed by atoms with van der Waals surface area (Å²) in [6, 6.07) is 18.1. The highest BCUT2D eigenvalue weighted by molar-refractivity contribution is 7.85. The molecule has 0 spiro atoms. The van der Waals surface area contributed by atoms with Crippen LogP contribution in [0.25, 0.3) is 21.6 Å². The van der Waals surface area contributed by atoms with Gasteiger partial charge in [-0.05, 0) is 90.3 Å². The Bertz CT molecular complexity index is 2470. The van der Waals surface area contributed by atoms with Crippen LogP contribution in [0.4, 0.5) is 11.4 Å². The fraction of sp³-hybridized carbons (Fsp3) is 0.700. The van der Waals surface area contributed by atoms with Crippen LogP contribution in [0.5, 0.6) is 0 Å². The number of allylic oxidation sites excluding steroid dienone is 4. The number of fused-ring (bicyclic) bond motifs is 1. The average molecular weight is 1220 g/mol. The molecule has 2 heterocycles. The number of rotatable bonds is 51. The Balaban J connectivity index is 1.83. The molecule has 0 bridgehead atoms. The minimum atomic E-state index is 0.0672. The number of unbranched alkanes of at least 4 members (excludes halogenated alkanes) is 32. The van der Waals surface area contributed by atoms with E-state index in [0.29, 0.717) is 34.8 Å². The minimum Gasteiger partial charge on any atom is -0.374 e. The molecule has 0 saturated heterocycles. The second-order valence-corrected chi connectivity index (χ2v) is 29.5. The Morgan fingerprint density at radius 1 is 0.558 bits per heavy atom. The molecule has 0 aliphatic carbocycles. The summed E-state index contributed by atoms with van der Waals surface area (Å²) in [5, 5.41) is 1.88. The van der Waals surface area contributed by atoms with Crippen molar-refractivity contribution in [2.75, 3.05) is 29.9 Å². The summed E-state index contributed by atoms with van der Waals surface area (Å²) in [4.78, 5) is 37.2. The van der Waals surface area contributed by atoms with E-state index in [1.54, 1.807) is 11.3 Å². The number of carbonyl (C=O) groups is 2. The smallest absolute Gasteiger partial charge is 0.260 e. The van der Waals surface area contributed by atoms with E-state index in [9.17, 15) is 4.79 Å². The molecule has 3 aromatic rings. The van der Waals surface area contributed by atoms with Crippen LogP contribution in [0.1, 0.15) is 330 Å². The molecule has 0 N–H and O–H groups in total. The Kier molecular flexibility index (Phi) is 39.3. The number of thiol groups is 1. The van der Waals surface area contributed by atoms with Crippen molar-refractivity contribution in [3.05, 3.63) is 92.5 Å². The third kappa shape index (κ3) is 28.6. The number of benzene rings is 2. The van der Waals surface area contributed by atoms with Gasteiger partial charge in [0.15, 0.2) is 6.29 Å². The highest BCUT2D eigenvalue weighted by Crippen LogP contribution is 2.37. The van der Waals surface area contributed by atoms with Crippen LogP contribution in [-0.4, -0.2) is 32.3 Å². The van der Waals surface area contributed by atoms with Gasteiger partial charge in [-0.3, -0.25) is 9.59 Å². The third-order valence-electron chi connectivity index (χ3n) is 18.7. The molecule has 0 fully saturated rings. The number of anilines is 2. The second kappa shape index (κ2) is 45.0. The molecule has 484 valence electrons. The number of thiophene rings is 1. The summed E-state index contributed by atoms with van der Waals surface area (Å²) in [7, 11) is 2.26. The predicted octanol–water partition coefficient (Wildman–Crippen LogP) is 24.0. The normalized spacial score (nSPS) is 14.1. The summed E-state index contributed by atoms with van der Waals surface area (Å²) in [5.41, 5.74) is 5.93. The summed E-state index contributed by atoms with van der Waals surface area (Å²) in [6.07, 6.45) is 59.7. The van der Waals surface area contributed by atoms with Gasteiger partial charge in [0, 0.05) is 56.5 Å². The molecular formula is C80H130N2O2S2. The van der Waals surface area contributed by atoms with Crippen molar-refractivity contribution < 1.29 is 9.59 Å². The van der Waals surface area contributed by atoms with Crippen LogP contribution in [0, 0.1) is 17.8 Å². The van der Waals surface area contributed by atoms with Gasteiger partial charge >= 0.3 is 0 Å². The van der Waals surface area contributed by atoms with Gasteiger partial charge in [0.2, 0.25) is 0 Å².